The summed E-state index contributed by atoms with van der Waals surface area (Å²) < 4.78 is 0. The van der Waals surface area contributed by atoms with Crippen LogP contribution < -0.4 is 5.32 Å². The number of benzene rings is 1. The van der Waals surface area contributed by atoms with Gasteiger partial charge in [-0.1, -0.05) is 36.2 Å². The maximum Gasteiger partial charge on any atom is 0.226 e. The Morgan fingerprint density at radius 1 is 1.38 bits per heavy atom. The van der Waals surface area contributed by atoms with Gasteiger partial charge in [-0.15, -0.1) is 0 Å². The van der Waals surface area contributed by atoms with E-state index in [2.05, 4.69) is 36.5 Å². The summed E-state index contributed by atoms with van der Waals surface area (Å²) in [6.45, 7) is 2.93. The van der Waals surface area contributed by atoms with Crippen LogP contribution in [0.15, 0.2) is 24.3 Å². The maximum atomic E-state index is 11.9. The molecular weight excluding hydrogens is 198 g/mol. The quantitative estimate of drug-likeness (QED) is 0.765. The molecule has 1 spiro atoms. The van der Waals surface area contributed by atoms with Gasteiger partial charge in [-0.05, 0) is 25.3 Å². The molecule has 0 radical (unpaired) electrons. The molecule has 84 valence electrons. The molecule has 1 N–H and O–H groups in total. The predicted octanol–water partition coefficient (Wildman–Crippen LogP) is 2.38. The molecule has 16 heavy (non-hydrogen) atoms. The monoisotopic (exact) mass is 215 g/mol. The number of hydrogen-bond acceptors (Lipinski definition) is 1. The van der Waals surface area contributed by atoms with Crippen LogP contribution in [-0.2, 0) is 4.79 Å². The Hall–Kier alpha value is -1.31. The smallest absolute Gasteiger partial charge is 0.226 e. The number of nitrogens with one attached hydrogen (secondary N) is 1. The molecule has 1 heterocycles. The fourth-order valence-electron chi connectivity index (χ4n) is 3.18. The van der Waals surface area contributed by atoms with Gasteiger partial charge in [-0.2, -0.15) is 0 Å². The highest BCUT2D eigenvalue weighted by atomic mass is 16.2. The molecule has 0 unspecified atom stereocenters. The Balaban J connectivity index is 1.98. The van der Waals surface area contributed by atoms with Gasteiger partial charge in [-0.25, -0.2) is 0 Å². The zero-order valence-corrected chi connectivity index (χ0v) is 9.62. The van der Waals surface area contributed by atoms with E-state index < -0.39 is 0 Å². The Kier molecular flexibility index (Phi) is 2.06. The van der Waals surface area contributed by atoms with Crippen LogP contribution in [0.5, 0.6) is 0 Å². The first kappa shape index (κ1) is 9.88. The van der Waals surface area contributed by atoms with Crippen LogP contribution in [-0.4, -0.2) is 12.5 Å². The standard InChI is InChI=1S/C14H17NO/c1-10-4-2-5-11(8-10)12-9-15-13(16)14(12)6-3-7-14/h2,4-5,8,12H,3,6-7,9H2,1H3,(H,15,16)/t12-/m0/s1. The second-order valence-electron chi connectivity index (χ2n) is 5.19. The maximum absolute atomic E-state index is 11.9. The minimum atomic E-state index is -0.0617. The molecule has 2 aliphatic rings. The van der Waals surface area contributed by atoms with Crippen LogP contribution in [0.2, 0.25) is 0 Å². The summed E-state index contributed by atoms with van der Waals surface area (Å²) in [6, 6.07) is 8.60. The first-order valence-corrected chi connectivity index (χ1v) is 6.07. The lowest BCUT2D eigenvalue weighted by molar-refractivity contribution is -0.132. The molecule has 2 heteroatoms. The van der Waals surface area contributed by atoms with E-state index in [4.69, 9.17) is 0 Å². The van der Waals surface area contributed by atoms with Crippen molar-refractivity contribution in [2.24, 2.45) is 5.41 Å². The van der Waals surface area contributed by atoms with Crippen LogP contribution >= 0.6 is 0 Å². The molecule has 3 rings (SSSR count). The Labute approximate surface area is 96.1 Å². The summed E-state index contributed by atoms with van der Waals surface area (Å²) in [4.78, 5) is 11.9. The van der Waals surface area contributed by atoms with Crippen molar-refractivity contribution in [1.82, 2.24) is 5.32 Å². The number of rotatable bonds is 1. The van der Waals surface area contributed by atoms with Crippen molar-refractivity contribution < 1.29 is 4.79 Å². The van der Waals surface area contributed by atoms with Crippen molar-refractivity contribution in [3.05, 3.63) is 35.4 Å². The van der Waals surface area contributed by atoms with Crippen molar-refractivity contribution in [2.75, 3.05) is 6.54 Å². The summed E-state index contributed by atoms with van der Waals surface area (Å²) in [6.07, 6.45) is 3.34. The van der Waals surface area contributed by atoms with E-state index in [0.717, 1.165) is 19.4 Å². The number of hydrogen-bond donors (Lipinski definition) is 1. The summed E-state index contributed by atoms with van der Waals surface area (Å²) in [7, 11) is 0. The van der Waals surface area contributed by atoms with Crippen molar-refractivity contribution in [1.29, 1.82) is 0 Å². The average molecular weight is 215 g/mol. The lowest BCUT2D eigenvalue weighted by atomic mass is 9.60. The Bertz CT molecular complexity index is 434. The Morgan fingerprint density at radius 3 is 2.81 bits per heavy atom. The second kappa shape index (κ2) is 3.34. The number of carbonyl (C=O) groups is 1. The molecule has 2 fully saturated rings. The van der Waals surface area contributed by atoms with Crippen LogP contribution in [0.3, 0.4) is 0 Å². The van der Waals surface area contributed by atoms with E-state index in [9.17, 15) is 4.79 Å². The van der Waals surface area contributed by atoms with Gasteiger partial charge in [0.1, 0.15) is 0 Å². The SMILES string of the molecule is Cc1cccc([C@@H]2CNC(=O)C23CCC3)c1. The van der Waals surface area contributed by atoms with Gasteiger partial charge in [0, 0.05) is 12.5 Å². The summed E-state index contributed by atoms with van der Waals surface area (Å²) in [5, 5.41) is 3.04. The van der Waals surface area contributed by atoms with Crippen molar-refractivity contribution in [3.63, 3.8) is 0 Å². The van der Waals surface area contributed by atoms with E-state index in [0.29, 0.717) is 5.92 Å². The van der Waals surface area contributed by atoms with Crippen molar-refractivity contribution in [3.8, 4) is 0 Å². The first-order valence-electron chi connectivity index (χ1n) is 6.07. The molecule has 0 bridgehead atoms. The fraction of sp³-hybridized carbons (Fsp3) is 0.500. The molecule has 1 saturated heterocycles. The van der Waals surface area contributed by atoms with Gasteiger partial charge in [-0.3, -0.25) is 4.79 Å². The minimum absolute atomic E-state index is 0.0617. The summed E-state index contributed by atoms with van der Waals surface area (Å²) in [5.74, 6) is 0.680. The molecule has 1 aromatic carbocycles. The average Bonchev–Trinajstić information content (AvgIpc) is 2.55. The number of carbonyl (C=O) groups excluding carboxylic acids is 1. The zero-order chi connectivity index (χ0) is 11.2. The molecule has 1 saturated carbocycles. The van der Waals surface area contributed by atoms with E-state index >= 15 is 0 Å². The summed E-state index contributed by atoms with van der Waals surface area (Å²) in [5.41, 5.74) is 2.55. The third-order valence-corrected chi connectivity index (χ3v) is 4.28. The van der Waals surface area contributed by atoms with E-state index in [1.165, 1.54) is 17.5 Å². The third kappa shape index (κ3) is 1.22. The van der Waals surface area contributed by atoms with Crippen LogP contribution in [0.25, 0.3) is 0 Å². The highest BCUT2D eigenvalue weighted by Gasteiger charge is 2.54. The topological polar surface area (TPSA) is 29.1 Å². The van der Waals surface area contributed by atoms with Gasteiger partial charge in [0.05, 0.1) is 5.41 Å². The molecular formula is C14H17NO. The molecule has 1 aliphatic carbocycles. The highest BCUT2D eigenvalue weighted by Crippen LogP contribution is 2.54. The van der Waals surface area contributed by atoms with Crippen LogP contribution in [0.1, 0.15) is 36.3 Å². The second-order valence-corrected chi connectivity index (χ2v) is 5.19. The first-order chi connectivity index (χ1) is 7.72. The molecule has 1 atom stereocenters. The van der Waals surface area contributed by atoms with Crippen LogP contribution in [0.4, 0.5) is 0 Å². The van der Waals surface area contributed by atoms with Gasteiger partial charge < -0.3 is 5.32 Å². The summed E-state index contributed by atoms with van der Waals surface area (Å²) >= 11 is 0. The van der Waals surface area contributed by atoms with E-state index in [-0.39, 0.29) is 11.3 Å². The van der Waals surface area contributed by atoms with Gasteiger partial charge in [0.2, 0.25) is 5.91 Å². The predicted molar refractivity (Wildman–Crippen MR) is 63.2 cm³/mol. The largest absolute Gasteiger partial charge is 0.355 e. The number of amides is 1. The fourth-order valence-corrected chi connectivity index (χ4v) is 3.18. The van der Waals surface area contributed by atoms with Crippen molar-refractivity contribution in [2.45, 2.75) is 32.1 Å². The third-order valence-electron chi connectivity index (χ3n) is 4.28. The Morgan fingerprint density at radius 2 is 2.19 bits per heavy atom. The van der Waals surface area contributed by atoms with Crippen LogP contribution in [0, 0.1) is 12.3 Å². The molecule has 2 nitrogen and oxygen atoms in total. The lowest BCUT2D eigenvalue weighted by Gasteiger charge is -2.40. The van der Waals surface area contributed by atoms with Gasteiger partial charge in [0.15, 0.2) is 0 Å². The molecule has 1 amide bonds. The lowest BCUT2D eigenvalue weighted by Crippen LogP contribution is -2.40. The number of aryl methyl sites for hydroxylation is 1. The zero-order valence-electron chi connectivity index (χ0n) is 9.62. The normalized spacial score (nSPS) is 26.6. The van der Waals surface area contributed by atoms with Gasteiger partial charge in [0.25, 0.3) is 0 Å². The van der Waals surface area contributed by atoms with E-state index in [1.54, 1.807) is 0 Å². The van der Waals surface area contributed by atoms with Gasteiger partial charge >= 0.3 is 0 Å². The highest BCUT2D eigenvalue weighted by molar-refractivity contribution is 5.87. The molecule has 0 aromatic heterocycles. The molecule has 1 aliphatic heterocycles. The minimum Gasteiger partial charge on any atom is -0.355 e. The molecule has 1 aromatic rings. The van der Waals surface area contributed by atoms with E-state index in [1.807, 2.05) is 0 Å². The van der Waals surface area contributed by atoms with Crippen molar-refractivity contribution >= 4 is 5.91 Å².